The lowest BCUT2D eigenvalue weighted by Gasteiger charge is -2.19. The molecular weight excluding hydrogens is 294 g/mol. The molecule has 0 bridgehead atoms. The van der Waals surface area contributed by atoms with Gasteiger partial charge in [0.25, 0.3) is 5.69 Å². The van der Waals surface area contributed by atoms with Crippen molar-refractivity contribution < 1.29 is 14.5 Å². The summed E-state index contributed by atoms with van der Waals surface area (Å²) in [6.07, 6.45) is 2.97. The molecule has 1 aliphatic rings. The summed E-state index contributed by atoms with van der Waals surface area (Å²) in [5.74, 6) is 0.775. The van der Waals surface area contributed by atoms with Crippen molar-refractivity contribution in [3.05, 3.63) is 69.3 Å². The number of carbonyl (C=O) groups is 1. The van der Waals surface area contributed by atoms with Crippen LogP contribution in [0.1, 0.15) is 23.1 Å². The Kier molecular flexibility index (Phi) is 3.93. The molecule has 0 fully saturated rings. The average Bonchev–Trinajstić information content (AvgIpc) is 2.57. The van der Waals surface area contributed by atoms with E-state index in [1.54, 1.807) is 25.3 Å². The summed E-state index contributed by atoms with van der Waals surface area (Å²) < 4.78 is 5.24. The van der Waals surface area contributed by atoms with Crippen molar-refractivity contribution in [3.8, 4) is 5.75 Å². The molecule has 0 spiro atoms. The maximum atomic E-state index is 12.3. The van der Waals surface area contributed by atoms with E-state index in [2.05, 4.69) is 0 Å². The van der Waals surface area contributed by atoms with Crippen LogP contribution in [0.25, 0.3) is 11.6 Å². The van der Waals surface area contributed by atoms with Gasteiger partial charge < -0.3 is 4.74 Å². The Balaban J connectivity index is 2.04. The maximum Gasteiger partial charge on any atom is 0.269 e. The first kappa shape index (κ1) is 15.0. The molecule has 23 heavy (non-hydrogen) atoms. The minimum absolute atomic E-state index is 0.0317. The SMILES string of the molecule is COc1ccc2c(c1)/C(=C\c1ccc([N+](=O)[O-])cc1)C(=O)CC2. The van der Waals surface area contributed by atoms with E-state index >= 15 is 0 Å². The summed E-state index contributed by atoms with van der Waals surface area (Å²) in [5, 5.41) is 10.7. The minimum atomic E-state index is -0.442. The van der Waals surface area contributed by atoms with Gasteiger partial charge in [-0.15, -0.1) is 0 Å². The molecule has 0 radical (unpaired) electrons. The molecule has 0 heterocycles. The lowest BCUT2D eigenvalue weighted by Crippen LogP contribution is -2.12. The molecule has 0 N–H and O–H groups in total. The third-order valence-corrected chi connectivity index (χ3v) is 3.94. The van der Waals surface area contributed by atoms with Crippen LogP contribution in [0.15, 0.2) is 42.5 Å². The van der Waals surface area contributed by atoms with Gasteiger partial charge in [-0.25, -0.2) is 0 Å². The molecule has 0 unspecified atom stereocenters. The van der Waals surface area contributed by atoms with Crippen LogP contribution in [0.5, 0.6) is 5.75 Å². The number of fused-ring (bicyclic) bond motifs is 1. The number of nitro benzene ring substituents is 1. The lowest BCUT2D eigenvalue weighted by atomic mass is 9.85. The van der Waals surface area contributed by atoms with Gasteiger partial charge in [0.15, 0.2) is 5.78 Å². The van der Waals surface area contributed by atoms with E-state index < -0.39 is 4.92 Å². The number of benzene rings is 2. The van der Waals surface area contributed by atoms with Gasteiger partial charge in [-0.1, -0.05) is 6.07 Å². The number of Topliss-reactive ketones (excluding diaryl/α,β-unsaturated/α-hetero) is 1. The van der Waals surface area contributed by atoms with Crippen molar-refractivity contribution in [1.29, 1.82) is 0 Å². The number of aryl methyl sites for hydroxylation is 1. The van der Waals surface area contributed by atoms with Gasteiger partial charge in [0.2, 0.25) is 0 Å². The van der Waals surface area contributed by atoms with Crippen molar-refractivity contribution in [2.75, 3.05) is 7.11 Å². The molecule has 0 saturated heterocycles. The first-order valence-electron chi connectivity index (χ1n) is 7.25. The van der Waals surface area contributed by atoms with E-state index in [1.165, 1.54) is 12.1 Å². The Labute approximate surface area is 133 Å². The summed E-state index contributed by atoms with van der Waals surface area (Å²) in [7, 11) is 1.59. The summed E-state index contributed by atoms with van der Waals surface area (Å²) in [6.45, 7) is 0. The zero-order valence-corrected chi connectivity index (χ0v) is 12.6. The highest BCUT2D eigenvalue weighted by Gasteiger charge is 2.22. The van der Waals surface area contributed by atoms with Crippen molar-refractivity contribution in [2.45, 2.75) is 12.8 Å². The Morgan fingerprint density at radius 2 is 1.87 bits per heavy atom. The molecule has 0 saturated carbocycles. The molecule has 2 aromatic carbocycles. The second-order valence-electron chi connectivity index (χ2n) is 5.35. The smallest absolute Gasteiger partial charge is 0.269 e. The predicted octanol–water partition coefficient (Wildman–Crippen LogP) is 3.66. The summed E-state index contributed by atoms with van der Waals surface area (Å²) in [6, 6.07) is 11.9. The average molecular weight is 309 g/mol. The van der Waals surface area contributed by atoms with E-state index in [0.29, 0.717) is 17.7 Å². The number of allylic oxidation sites excluding steroid dienone is 1. The van der Waals surface area contributed by atoms with Crippen LogP contribution in [-0.4, -0.2) is 17.8 Å². The molecule has 5 nitrogen and oxygen atoms in total. The van der Waals surface area contributed by atoms with E-state index in [-0.39, 0.29) is 11.5 Å². The van der Waals surface area contributed by atoms with Crippen molar-refractivity contribution in [1.82, 2.24) is 0 Å². The van der Waals surface area contributed by atoms with E-state index in [9.17, 15) is 14.9 Å². The number of hydrogen-bond acceptors (Lipinski definition) is 4. The monoisotopic (exact) mass is 309 g/mol. The number of methoxy groups -OCH3 is 1. The number of non-ortho nitro benzene ring substituents is 1. The fourth-order valence-electron chi connectivity index (χ4n) is 2.70. The first-order chi connectivity index (χ1) is 11.1. The van der Waals surface area contributed by atoms with Crippen LogP contribution in [0.4, 0.5) is 5.69 Å². The number of nitrogens with zero attached hydrogens (tertiary/aromatic N) is 1. The first-order valence-corrected chi connectivity index (χ1v) is 7.25. The molecule has 2 aromatic rings. The molecule has 116 valence electrons. The van der Waals surface area contributed by atoms with Gasteiger partial charge in [0.1, 0.15) is 5.75 Å². The van der Waals surface area contributed by atoms with Gasteiger partial charge >= 0.3 is 0 Å². The highest BCUT2D eigenvalue weighted by molar-refractivity contribution is 6.26. The minimum Gasteiger partial charge on any atom is -0.497 e. The molecular formula is C18H15NO4. The second kappa shape index (κ2) is 6.04. The lowest BCUT2D eigenvalue weighted by molar-refractivity contribution is -0.384. The Morgan fingerprint density at radius 1 is 1.13 bits per heavy atom. The number of hydrogen-bond donors (Lipinski definition) is 0. The van der Waals surface area contributed by atoms with Crippen molar-refractivity contribution in [2.24, 2.45) is 0 Å². The molecule has 1 aliphatic carbocycles. The number of carbonyl (C=O) groups excluding carboxylic acids is 1. The van der Waals surface area contributed by atoms with Crippen LogP contribution in [0.2, 0.25) is 0 Å². The third-order valence-electron chi connectivity index (χ3n) is 3.94. The predicted molar refractivity (Wildman–Crippen MR) is 87.3 cm³/mol. The number of ether oxygens (including phenoxy) is 1. The van der Waals surface area contributed by atoms with Crippen LogP contribution < -0.4 is 4.74 Å². The Morgan fingerprint density at radius 3 is 2.52 bits per heavy atom. The van der Waals surface area contributed by atoms with E-state index in [4.69, 9.17) is 4.74 Å². The largest absolute Gasteiger partial charge is 0.497 e. The van der Waals surface area contributed by atoms with Gasteiger partial charge in [-0.3, -0.25) is 14.9 Å². The Bertz CT molecular complexity index is 806. The highest BCUT2D eigenvalue weighted by Crippen LogP contribution is 2.32. The van der Waals surface area contributed by atoms with Crippen LogP contribution in [0.3, 0.4) is 0 Å². The molecule has 0 aliphatic heterocycles. The fraction of sp³-hybridized carbons (Fsp3) is 0.167. The number of nitro groups is 1. The quantitative estimate of drug-likeness (QED) is 0.493. The van der Waals surface area contributed by atoms with Crippen molar-refractivity contribution in [3.63, 3.8) is 0 Å². The van der Waals surface area contributed by atoms with Crippen LogP contribution >= 0.6 is 0 Å². The summed E-state index contributed by atoms with van der Waals surface area (Å²) >= 11 is 0. The maximum absolute atomic E-state index is 12.3. The van der Waals surface area contributed by atoms with Gasteiger partial charge in [-0.05, 0) is 53.5 Å². The zero-order chi connectivity index (χ0) is 16.4. The second-order valence-corrected chi connectivity index (χ2v) is 5.35. The third kappa shape index (κ3) is 2.99. The van der Waals surface area contributed by atoms with Gasteiger partial charge in [0, 0.05) is 24.1 Å². The Hall–Kier alpha value is -2.95. The molecule has 3 rings (SSSR count). The summed E-state index contributed by atoms with van der Waals surface area (Å²) in [4.78, 5) is 22.6. The highest BCUT2D eigenvalue weighted by atomic mass is 16.6. The number of rotatable bonds is 3. The molecule has 0 amide bonds. The standard InChI is InChI=1S/C18H15NO4/c1-23-15-8-4-13-5-9-18(20)17(16(13)11-15)10-12-2-6-14(7-3-12)19(21)22/h2-4,6-8,10-11H,5,9H2,1H3/b17-10+. The zero-order valence-electron chi connectivity index (χ0n) is 12.6. The van der Waals surface area contributed by atoms with Gasteiger partial charge in [0.05, 0.1) is 12.0 Å². The van der Waals surface area contributed by atoms with E-state index in [1.807, 2.05) is 18.2 Å². The fourth-order valence-corrected chi connectivity index (χ4v) is 2.70. The molecule has 0 atom stereocenters. The normalized spacial score (nSPS) is 15.3. The van der Waals surface area contributed by atoms with Crippen molar-refractivity contribution >= 4 is 23.1 Å². The topological polar surface area (TPSA) is 69.4 Å². The van der Waals surface area contributed by atoms with Crippen LogP contribution in [0, 0.1) is 10.1 Å². The molecule has 5 heteroatoms. The van der Waals surface area contributed by atoms with Gasteiger partial charge in [-0.2, -0.15) is 0 Å². The van der Waals surface area contributed by atoms with E-state index in [0.717, 1.165) is 23.1 Å². The summed E-state index contributed by atoms with van der Waals surface area (Å²) in [5.41, 5.74) is 3.40. The number of ketones is 1. The molecule has 0 aromatic heterocycles. The van der Waals surface area contributed by atoms with Crippen LogP contribution in [-0.2, 0) is 11.2 Å².